The molecule has 0 heterocycles. The average molecular weight is 528 g/mol. The second-order valence-corrected chi connectivity index (χ2v) is 12.4. The molecule has 0 spiro atoms. The molecule has 0 atom stereocenters. The van der Waals surface area contributed by atoms with E-state index < -0.39 is 17.9 Å². The number of carbonyl (C=O) groups is 3. The summed E-state index contributed by atoms with van der Waals surface area (Å²) in [6.07, 6.45) is 9.06. The molecule has 0 fully saturated rings. The summed E-state index contributed by atoms with van der Waals surface area (Å²) in [5, 5.41) is 30.0. The van der Waals surface area contributed by atoms with E-state index in [1.165, 1.54) is 0 Å². The fraction of sp³-hybridized carbons (Fsp3) is 0.889. The third-order valence-corrected chi connectivity index (χ3v) is 4.67. The Morgan fingerprint density at radius 2 is 0.618 bits per heavy atom. The van der Waals surface area contributed by atoms with Gasteiger partial charge in [0.1, 0.15) is 0 Å². The number of aliphatic carboxylic acids is 3. The third-order valence-electron chi connectivity index (χ3n) is 4.67. The van der Waals surface area contributed by atoms with Gasteiger partial charge in [0.25, 0.3) is 0 Å². The largest absolute Gasteiger partial charge is 3.00 e. The van der Waals surface area contributed by atoms with Crippen molar-refractivity contribution in [2.45, 2.75) is 139 Å². The fourth-order valence-corrected chi connectivity index (χ4v) is 2.77. The second kappa shape index (κ2) is 21.2. The van der Waals surface area contributed by atoms with Crippen LogP contribution >= 0.6 is 0 Å². The zero-order chi connectivity index (χ0) is 26.7. The molecular weight excluding hydrogens is 476 g/mol. The summed E-state index contributed by atoms with van der Waals surface area (Å²) in [5.41, 5.74) is 0.976. The van der Waals surface area contributed by atoms with E-state index in [1.807, 2.05) is 0 Å². The van der Waals surface area contributed by atoms with Gasteiger partial charge in [-0.25, -0.2) is 0 Å². The summed E-state index contributed by atoms with van der Waals surface area (Å²) in [4.78, 5) is 30.0. The normalized spacial score (nSPS) is 11.2. The van der Waals surface area contributed by atoms with Gasteiger partial charge in [-0.3, -0.25) is 0 Å². The number of carboxylic acids is 3. The standard InChI is InChI=1S/3C9H18O2.Fe/c3*1-9(2,3)7-5-4-6-8(10)11;/h3*4-7H2,1-3H3,(H,10,11);/q;;;+3/p-3. The van der Waals surface area contributed by atoms with Crippen LogP contribution in [0.5, 0.6) is 0 Å². The van der Waals surface area contributed by atoms with Crippen molar-refractivity contribution in [1.82, 2.24) is 0 Å². The van der Waals surface area contributed by atoms with E-state index in [1.54, 1.807) is 0 Å². The Balaban J connectivity index is -0.000000196. The number of carbonyl (C=O) groups excluding carboxylic acids is 3. The molecule has 0 amide bonds. The first kappa shape index (κ1) is 40.1. The van der Waals surface area contributed by atoms with Crippen molar-refractivity contribution in [2.24, 2.45) is 16.2 Å². The van der Waals surface area contributed by atoms with Gasteiger partial charge in [0.05, 0.1) is 0 Å². The van der Waals surface area contributed by atoms with Gasteiger partial charge in [0.15, 0.2) is 0 Å². The second-order valence-electron chi connectivity index (χ2n) is 12.4. The summed E-state index contributed by atoms with van der Waals surface area (Å²) >= 11 is 0. The van der Waals surface area contributed by atoms with Crippen LogP contribution < -0.4 is 15.3 Å². The van der Waals surface area contributed by atoms with Crippen LogP contribution in [0.1, 0.15) is 139 Å². The molecular formula is C27H51FeO6. The van der Waals surface area contributed by atoms with Gasteiger partial charge in [-0.15, -0.1) is 0 Å². The van der Waals surface area contributed by atoms with Crippen molar-refractivity contribution in [3.8, 4) is 0 Å². The first-order valence-electron chi connectivity index (χ1n) is 12.3. The Hall–Kier alpha value is -1.07. The molecule has 0 aromatic heterocycles. The molecule has 203 valence electrons. The Morgan fingerprint density at radius 3 is 0.735 bits per heavy atom. The average Bonchev–Trinajstić information content (AvgIpc) is 2.58. The van der Waals surface area contributed by atoms with Crippen molar-refractivity contribution in [1.29, 1.82) is 0 Å². The molecule has 0 saturated carbocycles. The number of rotatable bonds is 12. The first-order chi connectivity index (χ1) is 14.7. The summed E-state index contributed by atoms with van der Waals surface area (Å²) in [5.74, 6) is -2.79. The number of hydrogen-bond acceptors (Lipinski definition) is 6. The SMILES string of the molecule is CC(C)(C)CCCCC(=O)[O-].CC(C)(C)CCCCC(=O)[O-].CC(C)(C)CCCCC(=O)[O-].[Fe+3]. The van der Waals surface area contributed by atoms with Crippen LogP contribution in [0.25, 0.3) is 0 Å². The maximum Gasteiger partial charge on any atom is 3.00 e. The van der Waals surface area contributed by atoms with E-state index in [0.29, 0.717) is 16.2 Å². The Kier molecular flexibility index (Phi) is 25.0. The minimum absolute atomic E-state index is 0. The smallest absolute Gasteiger partial charge is 0.550 e. The van der Waals surface area contributed by atoms with Gasteiger partial charge < -0.3 is 29.7 Å². The van der Waals surface area contributed by atoms with Crippen LogP contribution in [-0.4, -0.2) is 17.9 Å². The molecule has 34 heavy (non-hydrogen) atoms. The molecule has 6 nitrogen and oxygen atoms in total. The van der Waals surface area contributed by atoms with E-state index in [9.17, 15) is 29.7 Å². The van der Waals surface area contributed by atoms with Crippen molar-refractivity contribution in [3.63, 3.8) is 0 Å². The van der Waals surface area contributed by atoms with E-state index in [-0.39, 0.29) is 36.3 Å². The molecule has 0 N–H and O–H groups in total. The predicted octanol–water partition coefficient (Wildman–Crippen LogP) is 4.03. The van der Waals surface area contributed by atoms with Gasteiger partial charge in [0.2, 0.25) is 0 Å². The summed E-state index contributed by atoms with van der Waals surface area (Å²) in [7, 11) is 0. The molecule has 7 heteroatoms. The zero-order valence-corrected chi connectivity index (χ0v) is 24.4. The topological polar surface area (TPSA) is 120 Å². The molecule has 0 rings (SSSR count). The van der Waals surface area contributed by atoms with Crippen molar-refractivity contribution < 1.29 is 46.8 Å². The Labute approximate surface area is 220 Å². The van der Waals surface area contributed by atoms with Crippen LogP contribution in [0, 0.1) is 16.2 Å². The molecule has 0 bridgehead atoms. The zero-order valence-electron chi connectivity index (χ0n) is 23.3. The molecule has 0 aliphatic carbocycles. The van der Waals surface area contributed by atoms with Crippen LogP contribution in [0.15, 0.2) is 0 Å². The minimum atomic E-state index is -0.932. The van der Waals surface area contributed by atoms with Crippen molar-refractivity contribution in [2.75, 3.05) is 0 Å². The third kappa shape index (κ3) is 52.7. The van der Waals surface area contributed by atoms with Crippen LogP contribution in [-0.2, 0) is 31.5 Å². The quantitative estimate of drug-likeness (QED) is 0.279. The van der Waals surface area contributed by atoms with E-state index >= 15 is 0 Å². The number of hydrogen-bond donors (Lipinski definition) is 0. The van der Waals surface area contributed by atoms with E-state index in [2.05, 4.69) is 62.3 Å². The van der Waals surface area contributed by atoms with Crippen molar-refractivity contribution in [3.05, 3.63) is 0 Å². The van der Waals surface area contributed by atoms with E-state index in [0.717, 1.165) is 57.8 Å². The van der Waals surface area contributed by atoms with Crippen molar-refractivity contribution >= 4 is 17.9 Å². The molecule has 0 aliphatic heterocycles. The Morgan fingerprint density at radius 1 is 0.441 bits per heavy atom. The maximum absolute atomic E-state index is 10.0. The van der Waals surface area contributed by atoms with Gasteiger partial charge in [0, 0.05) is 17.9 Å². The van der Waals surface area contributed by atoms with Crippen LogP contribution in [0.2, 0.25) is 0 Å². The number of carboxylic acid groups (broad SMARTS) is 3. The van der Waals surface area contributed by atoms with Gasteiger partial charge in [-0.1, -0.05) is 81.6 Å². The molecule has 0 aromatic carbocycles. The predicted molar refractivity (Wildman–Crippen MR) is 129 cm³/mol. The molecule has 0 aromatic rings. The molecule has 0 saturated heterocycles. The molecule has 0 unspecified atom stereocenters. The van der Waals surface area contributed by atoms with Gasteiger partial charge in [-0.2, -0.15) is 0 Å². The Bertz CT molecular complexity index is 449. The fourth-order valence-electron chi connectivity index (χ4n) is 2.77. The minimum Gasteiger partial charge on any atom is -0.550 e. The number of unbranched alkanes of at least 4 members (excludes halogenated alkanes) is 3. The van der Waals surface area contributed by atoms with E-state index in [4.69, 9.17) is 0 Å². The maximum atomic E-state index is 10.0. The summed E-state index contributed by atoms with van der Waals surface area (Å²) in [6, 6.07) is 0. The molecule has 1 radical (unpaired) electrons. The first-order valence-corrected chi connectivity index (χ1v) is 12.3. The van der Waals surface area contributed by atoms with Crippen LogP contribution in [0.4, 0.5) is 0 Å². The van der Waals surface area contributed by atoms with Gasteiger partial charge >= 0.3 is 17.1 Å². The monoisotopic (exact) mass is 527 g/mol. The molecule has 0 aliphatic rings. The summed E-state index contributed by atoms with van der Waals surface area (Å²) < 4.78 is 0. The summed E-state index contributed by atoms with van der Waals surface area (Å²) in [6.45, 7) is 19.4. The van der Waals surface area contributed by atoms with Crippen LogP contribution in [0.3, 0.4) is 0 Å². The van der Waals surface area contributed by atoms with Gasteiger partial charge in [-0.05, 0) is 74.0 Å².